The first kappa shape index (κ1) is 34.0. The fraction of sp³-hybridized carbons (Fsp3) is 0.143. The van der Waals surface area contributed by atoms with Crippen molar-refractivity contribution in [2.24, 2.45) is 4.99 Å². The lowest BCUT2D eigenvalue weighted by atomic mass is 9.89. The molecule has 0 fully saturated rings. The van der Waals surface area contributed by atoms with Gasteiger partial charge < -0.3 is 18.9 Å². The van der Waals surface area contributed by atoms with Crippen molar-refractivity contribution in [3.05, 3.63) is 162 Å². The van der Waals surface area contributed by atoms with Crippen LogP contribution in [0.1, 0.15) is 40.8 Å². The number of nitriles is 1. The quantitative estimate of drug-likeness (QED) is 0.148. The molecular weight excluding hydrogens is 675 g/mol. The van der Waals surface area contributed by atoms with Crippen LogP contribution in [0, 0.1) is 11.3 Å². The van der Waals surface area contributed by atoms with E-state index in [0.29, 0.717) is 54.5 Å². The monoisotopic (exact) mass is 707 g/mol. The minimum absolute atomic E-state index is 0.139. The number of carbonyl (C=O) groups excluding carboxylic acids is 1. The molecule has 0 aliphatic carbocycles. The molecule has 2 heterocycles. The first-order valence-electron chi connectivity index (χ1n) is 16.6. The Bertz CT molecular complexity index is 2580. The highest BCUT2D eigenvalue weighted by atomic mass is 32.1. The zero-order valence-electron chi connectivity index (χ0n) is 28.7. The van der Waals surface area contributed by atoms with Crippen molar-refractivity contribution in [3.8, 4) is 23.3 Å². The number of carbonyl (C=O) groups is 1. The third-order valence-corrected chi connectivity index (χ3v) is 9.79. The van der Waals surface area contributed by atoms with Crippen LogP contribution in [0.25, 0.3) is 22.5 Å². The molecule has 0 amide bonds. The highest BCUT2D eigenvalue weighted by Gasteiger charge is 2.37. The summed E-state index contributed by atoms with van der Waals surface area (Å²) in [5.74, 6) is 0.901. The number of hydrogen-bond donors (Lipinski definition) is 0. The Hall–Kier alpha value is -6.44. The van der Waals surface area contributed by atoms with E-state index in [-0.39, 0.29) is 24.3 Å². The van der Waals surface area contributed by atoms with Crippen LogP contribution in [0.2, 0.25) is 0 Å². The van der Waals surface area contributed by atoms with Gasteiger partial charge in [-0.1, -0.05) is 96.3 Å². The van der Waals surface area contributed by atoms with Crippen LogP contribution >= 0.6 is 11.3 Å². The smallest absolute Gasteiger partial charge is 0.338 e. The Morgan fingerprint density at radius 3 is 2.40 bits per heavy atom. The van der Waals surface area contributed by atoms with Gasteiger partial charge in [-0.2, -0.15) is 5.26 Å². The molecule has 258 valence electrons. The van der Waals surface area contributed by atoms with Crippen molar-refractivity contribution >= 4 is 39.9 Å². The van der Waals surface area contributed by atoms with Gasteiger partial charge in [-0.15, -0.1) is 0 Å². The molecule has 7 rings (SSSR count). The molecule has 0 radical (unpaired) electrons. The van der Waals surface area contributed by atoms with E-state index in [1.807, 2.05) is 91.0 Å². The number of methoxy groups -OCH3 is 2. The summed E-state index contributed by atoms with van der Waals surface area (Å²) in [6, 6.07) is 35.0. The number of esters is 1. The molecule has 5 aromatic carbocycles. The third-order valence-electron chi connectivity index (χ3n) is 8.80. The summed E-state index contributed by atoms with van der Waals surface area (Å²) >= 11 is 1.23. The predicted octanol–water partition coefficient (Wildman–Crippen LogP) is 6.56. The Kier molecular flexibility index (Phi) is 9.69. The lowest BCUT2D eigenvalue weighted by molar-refractivity contribution is -0.138. The average molecular weight is 708 g/mol. The highest BCUT2D eigenvalue weighted by Crippen LogP contribution is 2.42. The SMILES string of the molecule is CCOC(=O)C1=C(c2ccccc2)N=c2s/c(=C\c3ccc(OCc4ccccc4C#N)c(OC)c3)c(=O)n2[C@H]1c1c(OC)ccc2ccccc12. The maximum absolute atomic E-state index is 14.6. The predicted molar refractivity (Wildman–Crippen MR) is 200 cm³/mol. The first-order chi connectivity index (χ1) is 25.4. The van der Waals surface area contributed by atoms with Crippen LogP contribution in [-0.4, -0.2) is 31.4 Å². The average Bonchev–Trinajstić information content (AvgIpc) is 3.50. The second-order valence-corrected chi connectivity index (χ2v) is 12.8. The molecule has 0 N–H and O–H groups in total. The van der Waals surface area contributed by atoms with Crippen LogP contribution in [0.5, 0.6) is 17.2 Å². The van der Waals surface area contributed by atoms with Gasteiger partial charge >= 0.3 is 5.97 Å². The molecule has 0 saturated heterocycles. The molecule has 1 aliphatic rings. The lowest BCUT2D eigenvalue weighted by Crippen LogP contribution is -2.40. The third kappa shape index (κ3) is 6.34. The summed E-state index contributed by atoms with van der Waals surface area (Å²) in [6.07, 6.45) is 1.77. The zero-order valence-corrected chi connectivity index (χ0v) is 29.5. The minimum Gasteiger partial charge on any atom is -0.496 e. The van der Waals surface area contributed by atoms with E-state index in [2.05, 4.69) is 6.07 Å². The molecule has 6 aromatic rings. The van der Waals surface area contributed by atoms with E-state index in [9.17, 15) is 14.9 Å². The second kappa shape index (κ2) is 14.8. The number of benzene rings is 5. The number of ether oxygens (including phenoxy) is 4. The Morgan fingerprint density at radius 2 is 1.63 bits per heavy atom. The lowest BCUT2D eigenvalue weighted by Gasteiger charge is -2.28. The number of rotatable bonds is 10. The van der Waals surface area contributed by atoms with Crippen molar-refractivity contribution < 1.29 is 23.7 Å². The maximum atomic E-state index is 14.6. The first-order valence-corrected chi connectivity index (χ1v) is 17.4. The number of aromatic nitrogens is 1. The summed E-state index contributed by atoms with van der Waals surface area (Å²) in [7, 11) is 3.12. The van der Waals surface area contributed by atoms with Crippen molar-refractivity contribution in [2.75, 3.05) is 20.8 Å². The fourth-order valence-electron chi connectivity index (χ4n) is 6.40. The second-order valence-electron chi connectivity index (χ2n) is 11.8. The van der Waals surface area contributed by atoms with Gasteiger partial charge in [-0.25, -0.2) is 9.79 Å². The van der Waals surface area contributed by atoms with E-state index >= 15 is 0 Å². The maximum Gasteiger partial charge on any atom is 0.338 e. The van der Waals surface area contributed by atoms with E-state index in [4.69, 9.17) is 23.9 Å². The van der Waals surface area contributed by atoms with E-state index in [1.165, 1.54) is 11.3 Å². The topological polar surface area (TPSA) is 112 Å². The largest absolute Gasteiger partial charge is 0.496 e. The molecule has 0 spiro atoms. The normalized spacial score (nSPS) is 14.0. The number of nitrogens with zero attached hydrogens (tertiary/aromatic N) is 3. The number of thiazole rings is 1. The summed E-state index contributed by atoms with van der Waals surface area (Å²) < 4.78 is 25.3. The van der Waals surface area contributed by atoms with Gasteiger partial charge in [0.25, 0.3) is 5.56 Å². The standard InChI is InChI=1S/C42H33N3O6S/c1-4-50-41(47)37-38(28-13-6-5-7-14-28)44-42-45(39(37)36-31-17-11-10-12-27(31)19-21-33(36)48-2)40(46)35(52-42)23-26-18-20-32(34(22-26)49-3)51-25-30-16-9-8-15-29(30)24-43/h5-23,39H,4,25H2,1-3H3/b35-23-/t39-/m0/s1. The summed E-state index contributed by atoms with van der Waals surface area (Å²) in [5, 5.41) is 11.2. The molecule has 0 bridgehead atoms. The Labute approximate surface area is 303 Å². The van der Waals surface area contributed by atoms with Crippen molar-refractivity contribution in [1.82, 2.24) is 4.57 Å². The molecule has 1 aliphatic heterocycles. The van der Waals surface area contributed by atoms with Crippen LogP contribution in [0.15, 0.2) is 125 Å². The van der Waals surface area contributed by atoms with E-state index in [0.717, 1.165) is 16.3 Å². The minimum atomic E-state index is -0.921. The number of fused-ring (bicyclic) bond motifs is 2. The van der Waals surface area contributed by atoms with Crippen LogP contribution in [-0.2, 0) is 16.1 Å². The summed E-state index contributed by atoms with van der Waals surface area (Å²) in [6.45, 7) is 2.07. The molecule has 1 aromatic heterocycles. The zero-order chi connectivity index (χ0) is 36.2. The molecule has 0 saturated carbocycles. The highest BCUT2D eigenvalue weighted by molar-refractivity contribution is 7.07. The molecular formula is C42H33N3O6S. The van der Waals surface area contributed by atoms with Crippen molar-refractivity contribution in [1.29, 1.82) is 5.26 Å². The van der Waals surface area contributed by atoms with E-state index < -0.39 is 12.0 Å². The van der Waals surface area contributed by atoms with Gasteiger partial charge in [-0.05, 0) is 53.6 Å². The van der Waals surface area contributed by atoms with Crippen molar-refractivity contribution in [3.63, 3.8) is 0 Å². The summed E-state index contributed by atoms with van der Waals surface area (Å²) in [5.41, 5.74) is 3.69. The van der Waals surface area contributed by atoms with Crippen molar-refractivity contribution in [2.45, 2.75) is 19.6 Å². The molecule has 10 heteroatoms. The van der Waals surface area contributed by atoms with Crippen LogP contribution in [0.4, 0.5) is 0 Å². The Balaban J connectivity index is 1.41. The van der Waals surface area contributed by atoms with Gasteiger partial charge in [0.05, 0.1) is 48.3 Å². The van der Waals surface area contributed by atoms with Crippen LogP contribution < -0.4 is 29.1 Å². The van der Waals surface area contributed by atoms with Gasteiger partial charge in [0.2, 0.25) is 0 Å². The Morgan fingerprint density at radius 1 is 0.904 bits per heavy atom. The fourth-order valence-corrected chi connectivity index (χ4v) is 7.41. The van der Waals surface area contributed by atoms with Gasteiger partial charge in [-0.3, -0.25) is 9.36 Å². The van der Waals surface area contributed by atoms with Crippen LogP contribution in [0.3, 0.4) is 0 Å². The summed E-state index contributed by atoms with van der Waals surface area (Å²) in [4.78, 5) is 34.1. The van der Waals surface area contributed by atoms with Gasteiger partial charge in [0, 0.05) is 16.7 Å². The van der Waals surface area contributed by atoms with E-state index in [1.54, 1.807) is 50.0 Å². The van der Waals surface area contributed by atoms with Gasteiger partial charge in [0.15, 0.2) is 16.3 Å². The molecule has 0 unspecified atom stereocenters. The molecule has 9 nitrogen and oxygen atoms in total. The molecule has 1 atom stereocenters. The molecule has 52 heavy (non-hydrogen) atoms. The van der Waals surface area contributed by atoms with Gasteiger partial charge in [0.1, 0.15) is 18.4 Å². The number of hydrogen-bond acceptors (Lipinski definition) is 9.